The lowest BCUT2D eigenvalue weighted by molar-refractivity contribution is 0.452. The van der Waals surface area contributed by atoms with E-state index in [1.54, 1.807) is 12.1 Å². The number of halogens is 1. The molecule has 2 heterocycles. The minimum Gasteiger partial charge on any atom is -0.508 e. The third kappa shape index (κ3) is 6.16. The number of nitrogens with zero attached hydrogens (tertiary/aromatic N) is 3. The van der Waals surface area contributed by atoms with Crippen LogP contribution < -0.4 is 16.9 Å². The van der Waals surface area contributed by atoms with E-state index in [1.807, 2.05) is 60.7 Å². The van der Waals surface area contributed by atoms with E-state index in [1.165, 1.54) is 12.1 Å². The molecule has 0 aliphatic rings. The molecule has 5 aromatic rings. The highest BCUT2D eigenvalue weighted by atomic mass is 35.5. The molecule has 0 amide bonds. The third-order valence-electron chi connectivity index (χ3n) is 4.81. The number of azo groups is 1. The molecule has 3 aromatic carbocycles. The number of hydrogen-bond acceptors (Lipinski definition) is 9. The highest BCUT2D eigenvalue weighted by Crippen LogP contribution is 2.30. The smallest absolute Gasteiger partial charge is 0.197 e. The Bertz CT molecular complexity index is 1560. The van der Waals surface area contributed by atoms with Crippen LogP contribution in [0.4, 0.5) is 23.0 Å². The Balaban J connectivity index is 0.000000198. The summed E-state index contributed by atoms with van der Waals surface area (Å²) in [5.74, 6) is 0.598. The van der Waals surface area contributed by atoms with Crippen molar-refractivity contribution in [1.82, 2.24) is 4.98 Å². The lowest BCUT2D eigenvalue weighted by Gasteiger charge is -2.04. The first kappa shape index (κ1) is 25.7. The Morgan fingerprint density at radius 3 is 2.14 bits per heavy atom. The Hall–Kier alpha value is -4.89. The number of benzene rings is 3. The highest BCUT2D eigenvalue weighted by Gasteiger charge is 2.11. The van der Waals surface area contributed by atoms with Gasteiger partial charge in [0.2, 0.25) is 0 Å². The van der Waals surface area contributed by atoms with Crippen LogP contribution in [0.3, 0.4) is 0 Å². The molecule has 0 bridgehead atoms. The molecule has 0 saturated carbocycles. The van der Waals surface area contributed by atoms with Gasteiger partial charge in [0.1, 0.15) is 39.7 Å². The molecule has 182 valence electrons. The van der Waals surface area contributed by atoms with E-state index < -0.39 is 0 Å². The molecule has 0 unspecified atom stereocenters. The summed E-state index contributed by atoms with van der Waals surface area (Å²) in [6.45, 7) is 0. The summed E-state index contributed by atoms with van der Waals surface area (Å²) in [7, 11) is 0. The van der Waals surface area contributed by atoms with Crippen LogP contribution in [0.25, 0.3) is 22.3 Å². The van der Waals surface area contributed by atoms with Gasteiger partial charge < -0.3 is 26.1 Å². The van der Waals surface area contributed by atoms with E-state index in [0.29, 0.717) is 17.3 Å². The maximum absolute atomic E-state index is 12.0. The van der Waals surface area contributed by atoms with Crippen molar-refractivity contribution in [3.8, 4) is 22.8 Å². The number of nitrogen functional groups attached to an aromatic ring is 2. The average Bonchev–Trinajstić information content (AvgIpc) is 2.84. The molecule has 0 aliphatic heterocycles. The van der Waals surface area contributed by atoms with Crippen molar-refractivity contribution >= 4 is 46.4 Å². The zero-order valence-corrected chi connectivity index (χ0v) is 19.6. The predicted molar refractivity (Wildman–Crippen MR) is 142 cm³/mol. The number of hydrogen-bond donors (Lipinski definition) is 4. The monoisotopic (exact) mass is 503 g/mol. The summed E-state index contributed by atoms with van der Waals surface area (Å²) in [6.07, 6.45) is 0. The number of anilines is 2. The van der Waals surface area contributed by atoms with E-state index >= 15 is 0 Å². The molecule has 0 saturated heterocycles. The first-order valence-electron chi connectivity index (χ1n) is 10.4. The largest absolute Gasteiger partial charge is 0.508 e. The summed E-state index contributed by atoms with van der Waals surface area (Å²) in [6, 6.07) is 25.6. The molecule has 36 heavy (non-hydrogen) atoms. The van der Waals surface area contributed by atoms with Crippen molar-refractivity contribution in [2.75, 3.05) is 11.5 Å². The van der Waals surface area contributed by atoms with Crippen molar-refractivity contribution in [3.05, 3.63) is 101 Å². The van der Waals surface area contributed by atoms with Gasteiger partial charge in [0.05, 0.1) is 5.69 Å². The molecule has 0 atom stereocenters. The van der Waals surface area contributed by atoms with Gasteiger partial charge in [-0.2, -0.15) is 5.11 Å². The quantitative estimate of drug-likeness (QED) is 0.221. The van der Waals surface area contributed by atoms with Crippen molar-refractivity contribution < 1.29 is 14.6 Å². The van der Waals surface area contributed by atoms with Crippen molar-refractivity contribution in [1.29, 1.82) is 0 Å². The van der Waals surface area contributed by atoms with Crippen LogP contribution >= 0.6 is 12.4 Å². The highest BCUT2D eigenvalue weighted by molar-refractivity contribution is 5.86. The number of rotatable bonds is 3. The number of phenolic OH excluding ortho intramolecular Hbond substituents is 2. The Morgan fingerprint density at radius 2 is 1.47 bits per heavy atom. The number of nitrogens with two attached hydrogens (primary N) is 2. The Morgan fingerprint density at radius 1 is 0.806 bits per heavy atom. The van der Waals surface area contributed by atoms with Crippen LogP contribution in [-0.4, -0.2) is 15.2 Å². The maximum Gasteiger partial charge on any atom is 0.197 e. The van der Waals surface area contributed by atoms with Gasteiger partial charge in [0.25, 0.3) is 0 Å². The summed E-state index contributed by atoms with van der Waals surface area (Å²) in [4.78, 5) is 15.9. The first-order chi connectivity index (χ1) is 16.9. The molecule has 10 heteroatoms. The topological polar surface area (TPSA) is 160 Å². The molecule has 2 aromatic heterocycles. The van der Waals surface area contributed by atoms with Gasteiger partial charge in [-0.15, -0.1) is 17.5 Å². The van der Waals surface area contributed by atoms with E-state index in [4.69, 9.17) is 15.9 Å². The fourth-order valence-electron chi connectivity index (χ4n) is 3.17. The minimum absolute atomic E-state index is 0. The molecule has 0 radical (unpaired) electrons. The second-order valence-electron chi connectivity index (χ2n) is 7.35. The second kappa shape index (κ2) is 11.5. The van der Waals surface area contributed by atoms with Crippen molar-refractivity contribution in [2.45, 2.75) is 0 Å². The van der Waals surface area contributed by atoms with E-state index in [9.17, 15) is 15.0 Å². The zero-order valence-electron chi connectivity index (χ0n) is 18.8. The van der Waals surface area contributed by atoms with Gasteiger partial charge in [-0.25, -0.2) is 4.98 Å². The summed E-state index contributed by atoms with van der Waals surface area (Å²) in [5, 5.41) is 27.2. The molecular formula is C26H22ClN5O4. The second-order valence-corrected chi connectivity index (χ2v) is 7.35. The fourth-order valence-corrected chi connectivity index (χ4v) is 3.17. The number of aromatic hydroxyl groups is 2. The molecular weight excluding hydrogens is 482 g/mol. The van der Waals surface area contributed by atoms with Crippen LogP contribution in [0.5, 0.6) is 11.5 Å². The summed E-state index contributed by atoms with van der Waals surface area (Å²) >= 11 is 0. The molecule has 9 nitrogen and oxygen atoms in total. The van der Waals surface area contributed by atoms with E-state index in [0.717, 1.165) is 17.3 Å². The van der Waals surface area contributed by atoms with Crippen LogP contribution in [0.1, 0.15) is 0 Å². The summed E-state index contributed by atoms with van der Waals surface area (Å²) < 4.78 is 5.57. The molecule has 6 N–H and O–H groups in total. The summed E-state index contributed by atoms with van der Waals surface area (Å²) in [5.41, 5.74) is 12.9. The van der Waals surface area contributed by atoms with Crippen LogP contribution in [0, 0.1) is 0 Å². The van der Waals surface area contributed by atoms with Crippen molar-refractivity contribution in [2.24, 2.45) is 10.2 Å². The lowest BCUT2D eigenvalue weighted by atomic mass is 10.1. The van der Waals surface area contributed by atoms with Gasteiger partial charge in [-0.1, -0.05) is 48.5 Å². The van der Waals surface area contributed by atoms with Gasteiger partial charge in [-0.05, 0) is 24.3 Å². The van der Waals surface area contributed by atoms with Crippen LogP contribution in [-0.2, 0) is 0 Å². The average molecular weight is 504 g/mol. The minimum atomic E-state index is -0.349. The molecule has 0 spiro atoms. The van der Waals surface area contributed by atoms with Gasteiger partial charge >= 0.3 is 0 Å². The fraction of sp³-hybridized carbons (Fsp3) is 0. The van der Waals surface area contributed by atoms with E-state index in [2.05, 4.69) is 15.2 Å². The predicted octanol–water partition coefficient (Wildman–Crippen LogP) is 5.95. The number of phenols is 2. The number of pyridine rings is 1. The molecule has 0 aliphatic carbocycles. The first-order valence-corrected chi connectivity index (χ1v) is 10.4. The van der Waals surface area contributed by atoms with Gasteiger partial charge in [0, 0.05) is 23.8 Å². The molecule has 0 fully saturated rings. The van der Waals surface area contributed by atoms with Gasteiger partial charge in [0.15, 0.2) is 11.2 Å². The van der Waals surface area contributed by atoms with Crippen molar-refractivity contribution in [3.63, 3.8) is 0 Å². The van der Waals surface area contributed by atoms with E-state index in [-0.39, 0.29) is 46.1 Å². The van der Waals surface area contributed by atoms with Crippen LogP contribution in [0.15, 0.2) is 110 Å². The number of aromatic nitrogens is 1. The van der Waals surface area contributed by atoms with Gasteiger partial charge in [-0.3, -0.25) is 4.79 Å². The number of fused-ring (bicyclic) bond motifs is 1. The SMILES string of the molecule is Cl.Nc1ccc(N=Nc2ccccc2)c(N)n1.O=c1cc(-c2ccccc2)oc2cc(O)cc(O)c12. The standard InChI is InChI=1S/C15H10O4.C11H11N5.ClH/c16-10-6-11(17)15-12(18)8-13(19-14(15)7-10)9-4-2-1-3-5-9;12-10-7-6-9(11(13)14-10)16-15-8-4-2-1-3-5-8;/h1-8,16-17H;1-7H,(H4,12,13,14);1H. The Kier molecular flexibility index (Phi) is 8.22. The zero-order chi connectivity index (χ0) is 24.8. The molecule has 5 rings (SSSR count). The lowest BCUT2D eigenvalue weighted by Crippen LogP contribution is -2.00. The third-order valence-corrected chi connectivity index (χ3v) is 4.81. The normalized spacial score (nSPS) is 10.4. The van der Waals surface area contributed by atoms with Crippen LogP contribution in [0.2, 0.25) is 0 Å². The maximum atomic E-state index is 12.0. The Labute approximate surface area is 211 Å².